The number of carbonyl (C=O) groups excluding carboxylic acids is 1. The highest BCUT2D eigenvalue weighted by Gasteiger charge is 1.95. The van der Waals surface area contributed by atoms with Gasteiger partial charge in [-0.25, -0.2) is 4.79 Å². The molecule has 0 saturated carbocycles. The summed E-state index contributed by atoms with van der Waals surface area (Å²) in [6.45, 7) is 0. The highest BCUT2D eigenvalue weighted by atomic mass is 16.5. The number of nitrogens with two attached hydrogens (primary N) is 1. The van der Waals surface area contributed by atoms with Crippen LogP contribution in [-0.4, -0.2) is 11.1 Å². The third kappa shape index (κ3) is 1.49. The Balaban J connectivity index is 2.58. The molecule has 4 heteroatoms. The van der Waals surface area contributed by atoms with Crippen LogP contribution in [0.3, 0.4) is 0 Å². The SMILES string of the molecule is NC(=O)Oc1cc[nH]c1. The molecular formula is C5H6N2O2. The number of carbonyl (C=O) groups is 1. The average Bonchev–Trinajstić information content (AvgIpc) is 2.15. The van der Waals surface area contributed by atoms with Gasteiger partial charge in [0.15, 0.2) is 0 Å². The normalized spacial score (nSPS) is 8.89. The average molecular weight is 126 g/mol. The lowest BCUT2D eigenvalue weighted by molar-refractivity contribution is 0.211. The van der Waals surface area contributed by atoms with Gasteiger partial charge >= 0.3 is 6.09 Å². The van der Waals surface area contributed by atoms with Crippen LogP contribution in [0.4, 0.5) is 4.79 Å². The summed E-state index contributed by atoms with van der Waals surface area (Å²) >= 11 is 0. The number of primary amides is 1. The molecule has 1 aromatic rings. The van der Waals surface area contributed by atoms with E-state index in [2.05, 4.69) is 9.72 Å². The summed E-state index contributed by atoms with van der Waals surface area (Å²) in [6, 6.07) is 1.60. The summed E-state index contributed by atoms with van der Waals surface area (Å²) in [4.78, 5) is 12.8. The first-order chi connectivity index (χ1) is 4.29. The second kappa shape index (κ2) is 2.21. The quantitative estimate of drug-likeness (QED) is 0.574. The van der Waals surface area contributed by atoms with Crippen molar-refractivity contribution >= 4 is 6.09 Å². The third-order valence-corrected chi connectivity index (χ3v) is 0.788. The van der Waals surface area contributed by atoms with E-state index in [0.29, 0.717) is 5.75 Å². The van der Waals surface area contributed by atoms with Gasteiger partial charge < -0.3 is 15.5 Å². The number of aromatic amines is 1. The minimum Gasteiger partial charge on any atom is -0.409 e. The molecule has 48 valence electrons. The minimum absolute atomic E-state index is 0.433. The lowest BCUT2D eigenvalue weighted by atomic mass is 10.6. The van der Waals surface area contributed by atoms with Crippen LogP contribution in [0, 0.1) is 0 Å². The van der Waals surface area contributed by atoms with Gasteiger partial charge in [0.25, 0.3) is 0 Å². The maximum atomic E-state index is 10.1. The van der Waals surface area contributed by atoms with Gasteiger partial charge in [-0.1, -0.05) is 0 Å². The first-order valence-corrected chi connectivity index (χ1v) is 2.39. The van der Waals surface area contributed by atoms with Crippen molar-refractivity contribution in [2.75, 3.05) is 0 Å². The number of hydrogen-bond donors (Lipinski definition) is 2. The fraction of sp³-hybridized carbons (Fsp3) is 0. The zero-order valence-electron chi connectivity index (χ0n) is 4.63. The van der Waals surface area contributed by atoms with Crippen molar-refractivity contribution in [3.05, 3.63) is 18.5 Å². The van der Waals surface area contributed by atoms with Crippen molar-refractivity contribution < 1.29 is 9.53 Å². The molecule has 0 aliphatic rings. The van der Waals surface area contributed by atoms with Crippen LogP contribution in [0.1, 0.15) is 0 Å². The standard InChI is InChI=1S/C5H6N2O2/c6-5(8)9-4-1-2-7-3-4/h1-3,7H,(H2,6,8). The Labute approximate surface area is 51.6 Å². The second-order valence-corrected chi connectivity index (χ2v) is 1.47. The number of amides is 1. The van der Waals surface area contributed by atoms with Crippen molar-refractivity contribution in [1.29, 1.82) is 0 Å². The second-order valence-electron chi connectivity index (χ2n) is 1.47. The highest BCUT2D eigenvalue weighted by Crippen LogP contribution is 2.05. The van der Waals surface area contributed by atoms with Crippen molar-refractivity contribution in [3.63, 3.8) is 0 Å². The Bertz CT molecular complexity index is 193. The van der Waals surface area contributed by atoms with Crippen LogP contribution in [0.5, 0.6) is 5.75 Å². The molecule has 0 spiro atoms. The van der Waals surface area contributed by atoms with Crippen LogP contribution in [0.2, 0.25) is 0 Å². The molecule has 0 atom stereocenters. The Morgan fingerprint density at radius 3 is 3.00 bits per heavy atom. The number of rotatable bonds is 1. The molecule has 0 aliphatic carbocycles. The number of aromatic nitrogens is 1. The number of H-pyrrole nitrogens is 1. The van der Waals surface area contributed by atoms with Gasteiger partial charge in [-0.05, 0) is 6.07 Å². The minimum atomic E-state index is -0.797. The number of ether oxygens (including phenoxy) is 1. The lowest BCUT2D eigenvalue weighted by Crippen LogP contribution is -2.15. The molecule has 9 heavy (non-hydrogen) atoms. The molecule has 1 heterocycles. The number of nitrogens with one attached hydrogen (secondary N) is 1. The van der Waals surface area contributed by atoms with Crippen molar-refractivity contribution in [1.82, 2.24) is 4.98 Å². The van der Waals surface area contributed by atoms with Crippen LogP contribution in [0.25, 0.3) is 0 Å². The summed E-state index contributed by atoms with van der Waals surface area (Å²) < 4.78 is 4.46. The van der Waals surface area contributed by atoms with Gasteiger partial charge in [0.05, 0.1) is 0 Å². The van der Waals surface area contributed by atoms with Gasteiger partial charge in [0.1, 0.15) is 5.75 Å². The van der Waals surface area contributed by atoms with E-state index < -0.39 is 6.09 Å². The molecular weight excluding hydrogens is 120 g/mol. The predicted molar refractivity (Wildman–Crippen MR) is 31.0 cm³/mol. The topological polar surface area (TPSA) is 68.1 Å². The molecule has 1 rings (SSSR count). The van der Waals surface area contributed by atoms with E-state index in [9.17, 15) is 4.79 Å². The molecule has 0 aromatic carbocycles. The van der Waals surface area contributed by atoms with Gasteiger partial charge in [-0.2, -0.15) is 0 Å². The molecule has 1 amide bonds. The first-order valence-electron chi connectivity index (χ1n) is 2.39. The van der Waals surface area contributed by atoms with Crippen molar-refractivity contribution in [2.24, 2.45) is 5.73 Å². The lowest BCUT2D eigenvalue weighted by Gasteiger charge is -1.91. The molecule has 0 aliphatic heterocycles. The van der Waals surface area contributed by atoms with Crippen LogP contribution >= 0.6 is 0 Å². The van der Waals surface area contributed by atoms with Gasteiger partial charge in [0, 0.05) is 12.4 Å². The van der Waals surface area contributed by atoms with E-state index in [1.54, 1.807) is 12.3 Å². The highest BCUT2D eigenvalue weighted by molar-refractivity contribution is 5.67. The van der Waals surface area contributed by atoms with Crippen LogP contribution < -0.4 is 10.5 Å². The van der Waals surface area contributed by atoms with Gasteiger partial charge in [0.2, 0.25) is 0 Å². The third-order valence-electron chi connectivity index (χ3n) is 0.788. The Hall–Kier alpha value is -1.45. The smallest absolute Gasteiger partial charge is 0.409 e. The maximum Gasteiger partial charge on any atom is 0.410 e. The van der Waals surface area contributed by atoms with Crippen LogP contribution in [0.15, 0.2) is 18.5 Å². The molecule has 0 unspecified atom stereocenters. The summed E-state index contributed by atoms with van der Waals surface area (Å²) in [6.07, 6.45) is 2.37. The van der Waals surface area contributed by atoms with E-state index in [4.69, 9.17) is 5.73 Å². The number of hydrogen-bond acceptors (Lipinski definition) is 2. The van der Waals surface area contributed by atoms with E-state index in [0.717, 1.165) is 0 Å². The summed E-state index contributed by atoms with van der Waals surface area (Å²) in [7, 11) is 0. The molecule has 4 nitrogen and oxygen atoms in total. The van der Waals surface area contributed by atoms with E-state index in [1.165, 1.54) is 6.20 Å². The largest absolute Gasteiger partial charge is 0.410 e. The fourth-order valence-corrected chi connectivity index (χ4v) is 0.488. The monoisotopic (exact) mass is 126 g/mol. The molecule has 0 fully saturated rings. The molecule has 3 N–H and O–H groups in total. The van der Waals surface area contributed by atoms with E-state index >= 15 is 0 Å². The maximum absolute atomic E-state index is 10.1. The molecule has 0 radical (unpaired) electrons. The Morgan fingerprint density at radius 1 is 1.78 bits per heavy atom. The zero-order valence-corrected chi connectivity index (χ0v) is 4.63. The Morgan fingerprint density at radius 2 is 2.56 bits per heavy atom. The Kier molecular flexibility index (Phi) is 1.40. The van der Waals surface area contributed by atoms with Gasteiger partial charge in [-0.3, -0.25) is 0 Å². The zero-order chi connectivity index (χ0) is 6.69. The summed E-state index contributed by atoms with van der Waals surface area (Å²) in [5, 5.41) is 0. The van der Waals surface area contributed by atoms with Crippen molar-refractivity contribution in [2.45, 2.75) is 0 Å². The first kappa shape index (κ1) is 5.68. The van der Waals surface area contributed by atoms with Crippen molar-refractivity contribution in [3.8, 4) is 5.75 Å². The fourth-order valence-electron chi connectivity index (χ4n) is 0.488. The summed E-state index contributed by atoms with van der Waals surface area (Å²) in [5.41, 5.74) is 4.71. The van der Waals surface area contributed by atoms with E-state index in [-0.39, 0.29) is 0 Å². The molecule has 1 aromatic heterocycles. The van der Waals surface area contributed by atoms with Gasteiger partial charge in [-0.15, -0.1) is 0 Å². The molecule has 0 saturated heterocycles. The molecule has 0 bridgehead atoms. The summed E-state index contributed by atoms with van der Waals surface area (Å²) in [5.74, 6) is 0.433. The van der Waals surface area contributed by atoms with E-state index in [1.807, 2.05) is 0 Å². The predicted octanol–water partition coefficient (Wildman–Crippen LogP) is 0.472. The van der Waals surface area contributed by atoms with Crippen LogP contribution in [-0.2, 0) is 0 Å².